The van der Waals surface area contributed by atoms with Crippen molar-refractivity contribution < 1.29 is 4.21 Å². The maximum Gasteiger partial charge on any atom is 0.214 e. The van der Waals surface area contributed by atoms with Crippen LogP contribution in [0.15, 0.2) is 22.7 Å². The Morgan fingerprint density at radius 3 is 2.94 bits per heavy atom. The largest absolute Gasteiger partial charge is 0.250 e. The van der Waals surface area contributed by atoms with Gasteiger partial charge in [0.2, 0.25) is 6.19 Å². The Kier molecular flexibility index (Phi) is 4.22. The van der Waals surface area contributed by atoms with Crippen molar-refractivity contribution in [3.8, 4) is 6.19 Å². The lowest BCUT2D eigenvalue weighted by Gasteiger charge is -2.12. The number of hydrogen-bond acceptors (Lipinski definition) is 4. The number of aromatic nitrogens is 1. The molecular formula is C12H14IN3OS. The van der Waals surface area contributed by atoms with Crippen molar-refractivity contribution in [2.24, 2.45) is 4.36 Å². The van der Waals surface area contributed by atoms with E-state index in [-0.39, 0.29) is 5.25 Å². The number of nitrogens with zero attached hydrogens (tertiary/aromatic N) is 3. The molecule has 1 aliphatic rings. The summed E-state index contributed by atoms with van der Waals surface area (Å²) < 4.78 is 16.8. The fourth-order valence-corrected chi connectivity index (χ4v) is 4.22. The summed E-state index contributed by atoms with van der Waals surface area (Å²) in [6.07, 6.45) is 7.88. The van der Waals surface area contributed by atoms with Gasteiger partial charge >= 0.3 is 0 Å². The second-order valence-electron chi connectivity index (χ2n) is 4.60. The highest BCUT2D eigenvalue weighted by Crippen LogP contribution is 2.37. The molecule has 0 radical (unpaired) electrons. The molecule has 0 amide bonds. The molecule has 6 heteroatoms. The van der Waals surface area contributed by atoms with Crippen LogP contribution in [0.4, 0.5) is 0 Å². The van der Waals surface area contributed by atoms with Crippen LogP contribution in [0.5, 0.6) is 0 Å². The van der Waals surface area contributed by atoms with Crippen molar-refractivity contribution in [1.82, 2.24) is 4.98 Å². The molecule has 1 aromatic heterocycles. The normalized spacial score (nSPS) is 26.3. The minimum atomic E-state index is -2.37. The van der Waals surface area contributed by atoms with Gasteiger partial charge < -0.3 is 0 Å². The summed E-state index contributed by atoms with van der Waals surface area (Å²) in [5.41, 5.74) is 1.20. The highest BCUT2D eigenvalue weighted by atomic mass is 127. The predicted octanol–water partition coefficient (Wildman–Crippen LogP) is 2.90. The van der Waals surface area contributed by atoms with Crippen LogP contribution in [0.3, 0.4) is 0 Å². The highest BCUT2D eigenvalue weighted by Gasteiger charge is 2.31. The maximum absolute atomic E-state index is 12.2. The van der Waals surface area contributed by atoms with E-state index in [1.807, 2.05) is 12.3 Å². The third kappa shape index (κ3) is 3.01. The zero-order chi connectivity index (χ0) is 13.2. The van der Waals surface area contributed by atoms with Crippen molar-refractivity contribution >= 4 is 32.3 Å². The zero-order valence-electron chi connectivity index (χ0n) is 10.0. The Bertz CT molecular complexity index is 584. The molecule has 0 bridgehead atoms. The molecule has 96 valence electrons. The minimum absolute atomic E-state index is 0.0291. The van der Waals surface area contributed by atoms with E-state index in [0.717, 1.165) is 23.0 Å². The smallest absolute Gasteiger partial charge is 0.214 e. The van der Waals surface area contributed by atoms with Gasteiger partial charge in [0.1, 0.15) is 3.70 Å². The molecule has 2 rings (SSSR count). The van der Waals surface area contributed by atoms with Crippen molar-refractivity contribution in [2.45, 2.75) is 30.4 Å². The monoisotopic (exact) mass is 375 g/mol. The van der Waals surface area contributed by atoms with Crippen molar-refractivity contribution in [1.29, 1.82) is 5.26 Å². The molecule has 0 N–H and O–H groups in total. The molecule has 1 saturated carbocycles. The molecule has 0 spiro atoms. The van der Waals surface area contributed by atoms with E-state index in [1.54, 1.807) is 12.4 Å². The first-order valence-electron chi connectivity index (χ1n) is 5.73. The second kappa shape index (κ2) is 5.53. The lowest BCUT2D eigenvalue weighted by atomic mass is 10.00. The van der Waals surface area contributed by atoms with E-state index in [9.17, 15) is 4.21 Å². The summed E-state index contributed by atoms with van der Waals surface area (Å²) in [5.74, 6) is 0.397. The lowest BCUT2D eigenvalue weighted by molar-refractivity contribution is 0.663. The van der Waals surface area contributed by atoms with Crippen molar-refractivity contribution in [2.75, 3.05) is 6.26 Å². The molecule has 0 aliphatic heterocycles. The number of hydrogen-bond donors (Lipinski definition) is 0. The summed E-state index contributed by atoms with van der Waals surface area (Å²) in [5, 5.41) is 8.60. The van der Waals surface area contributed by atoms with Gasteiger partial charge in [-0.3, -0.25) is 4.98 Å². The van der Waals surface area contributed by atoms with Gasteiger partial charge in [0.25, 0.3) is 0 Å². The fourth-order valence-electron chi connectivity index (χ4n) is 2.42. The van der Waals surface area contributed by atoms with Crippen LogP contribution in [-0.2, 0) is 9.73 Å². The summed E-state index contributed by atoms with van der Waals surface area (Å²) in [6.45, 7) is 0. The molecular weight excluding hydrogens is 361 g/mol. The van der Waals surface area contributed by atoms with E-state index in [1.165, 1.54) is 5.56 Å². The van der Waals surface area contributed by atoms with Crippen LogP contribution in [0.1, 0.15) is 30.7 Å². The second-order valence-corrected chi connectivity index (χ2v) is 8.28. The van der Waals surface area contributed by atoms with E-state index < -0.39 is 9.73 Å². The van der Waals surface area contributed by atoms with Gasteiger partial charge in [-0.25, -0.2) is 4.21 Å². The molecule has 3 atom stereocenters. The molecule has 1 heterocycles. The lowest BCUT2D eigenvalue weighted by Crippen LogP contribution is -2.15. The molecule has 3 unspecified atom stereocenters. The Morgan fingerprint density at radius 2 is 2.33 bits per heavy atom. The third-order valence-corrected chi connectivity index (χ3v) is 6.19. The van der Waals surface area contributed by atoms with E-state index in [2.05, 4.69) is 38.0 Å². The van der Waals surface area contributed by atoms with Crippen molar-refractivity contribution in [3.63, 3.8) is 0 Å². The van der Waals surface area contributed by atoms with Gasteiger partial charge in [0.05, 0.1) is 9.73 Å². The van der Waals surface area contributed by atoms with Gasteiger partial charge in [-0.1, -0.05) is 6.07 Å². The van der Waals surface area contributed by atoms with Gasteiger partial charge in [0.15, 0.2) is 0 Å². The molecule has 0 aromatic carbocycles. The van der Waals surface area contributed by atoms with Crippen LogP contribution < -0.4 is 0 Å². The molecule has 1 aromatic rings. The molecule has 1 aliphatic carbocycles. The van der Waals surface area contributed by atoms with Crippen LogP contribution in [0.2, 0.25) is 0 Å². The first-order valence-corrected chi connectivity index (χ1v) is 8.80. The topological polar surface area (TPSA) is 66.1 Å². The first kappa shape index (κ1) is 13.7. The predicted molar refractivity (Wildman–Crippen MR) is 79.4 cm³/mol. The summed E-state index contributed by atoms with van der Waals surface area (Å²) in [6, 6.07) is 4.08. The summed E-state index contributed by atoms with van der Waals surface area (Å²) in [7, 11) is -2.37. The van der Waals surface area contributed by atoms with Gasteiger partial charge in [-0.05, 0) is 59.4 Å². The molecule has 0 saturated heterocycles. The van der Waals surface area contributed by atoms with E-state index in [0.29, 0.717) is 5.92 Å². The Hall–Kier alpha value is -0.680. The number of rotatable bonds is 2. The van der Waals surface area contributed by atoms with Gasteiger partial charge in [-0.2, -0.15) is 5.26 Å². The average Bonchev–Trinajstić information content (AvgIpc) is 2.80. The number of pyridine rings is 1. The SMILES string of the molecule is CS(=O)(=NC#N)C1CCC(c2ccc(I)nc2)C1. The maximum atomic E-state index is 12.2. The molecule has 18 heavy (non-hydrogen) atoms. The standard InChI is InChI=1S/C12H14IN3OS/c1-18(17,16-8-14)11-4-2-9(6-11)10-3-5-12(13)15-7-10/h3,5,7,9,11H,2,4,6H2,1H3. The summed E-state index contributed by atoms with van der Waals surface area (Å²) >= 11 is 2.18. The summed E-state index contributed by atoms with van der Waals surface area (Å²) in [4.78, 5) is 4.29. The Morgan fingerprint density at radius 1 is 1.56 bits per heavy atom. The zero-order valence-corrected chi connectivity index (χ0v) is 13.0. The van der Waals surface area contributed by atoms with Crippen LogP contribution in [0.25, 0.3) is 0 Å². The van der Waals surface area contributed by atoms with Crippen LogP contribution in [0, 0.1) is 15.2 Å². The first-order chi connectivity index (χ1) is 8.53. The Balaban J connectivity index is 2.15. The number of halogens is 1. The van der Waals surface area contributed by atoms with E-state index in [4.69, 9.17) is 5.26 Å². The highest BCUT2D eigenvalue weighted by molar-refractivity contribution is 14.1. The van der Waals surface area contributed by atoms with Crippen LogP contribution >= 0.6 is 22.6 Å². The van der Waals surface area contributed by atoms with Gasteiger partial charge in [-0.15, -0.1) is 4.36 Å². The van der Waals surface area contributed by atoms with Crippen molar-refractivity contribution in [3.05, 3.63) is 27.6 Å². The average molecular weight is 375 g/mol. The minimum Gasteiger partial charge on any atom is -0.250 e. The molecule has 4 nitrogen and oxygen atoms in total. The van der Waals surface area contributed by atoms with Crippen LogP contribution in [-0.4, -0.2) is 20.7 Å². The third-order valence-electron chi connectivity index (χ3n) is 3.45. The quantitative estimate of drug-likeness (QED) is 0.454. The van der Waals surface area contributed by atoms with Gasteiger partial charge in [0, 0.05) is 17.7 Å². The van der Waals surface area contributed by atoms with E-state index >= 15 is 0 Å². The number of nitriles is 1. The fraction of sp³-hybridized carbons (Fsp3) is 0.500. The molecule has 1 fully saturated rings. The Labute approximate surface area is 121 Å².